The number of hydrogen-bond donors (Lipinski definition) is 0. The van der Waals surface area contributed by atoms with Crippen LogP contribution in [-0.2, 0) is 6.18 Å². The summed E-state index contributed by atoms with van der Waals surface area (Å²) in [6, 6.07) is 4.28. The molecule has 3 rings (SSSR count). The normalized spacial score (nSPS) is 12.8. The number of ether oxygens (including phenoxy) is 1. The first kappa shape index (κ1) is 19.8. The monoisotopic (exact) mass is 411 g/mol. The lowest BCUT2D eigenvalue weighted by molar-refractivity contribution is -0.158. The molecule has 3 aromatic rings. The minimum Gasteiger partial charge on any atom is -0.483 e. The molecule has 0 fully saturated rings. The summed E-state index contributed by atoms with van der Waals surface area (Å²) >= 11 is 0. The SMILES string of the molecule is FC(F)c1cc(-c2ccc(C(F)(F)F)c(OCC(F)(F)F)c2)nc2ccnn12. The summed E-state index contributed by atoms with van der Waals surface area (Å²) in [6.07, 6.45) is -11.6. The van der Waals surface area contributed by atoms with E-state index in [1.807, 2.05) is 0 Å². The third-order valence-corrected chi connectivity index (χ3v) is 3.58. The van der Waals surface area contributed by atoms with E-state index in [4.69, 9.17) is 0 Å². The zero-order chi connectivity index (χ0) is 20.7. The lowest BCUT2D eigenvalue weighted by Gasteiger charge is -2.16. The molecule has 4 nitrogen and oxygen atoms in total. The molecule has 0 unspecified atom stereocenters. The van der Waals surface area contributed by atoms with Gasteiger partial charge in [0.1, 0.15) is 11.4 Å². The van der Waals surface area contributed by atoms with Crippen LogP contribution in [0.5, 0.6) is 5.75 Å². The topological polar surface area (TPSA) is 39.4 Å². The van der Waals surface area contributed by atoms with Crippen LogP contribution in [0.25, 0.3) is 16.9 Å². The highest BCUT2D eigenvalue weighted by Crippen LogP contribution is 2.39. The van der Waals surface area contributed by atoms with E-state index in [0.29, 0.717) is 12.1 Å². The second-order valence-corrected chi connectivity index (χ2v) is 5.58. The standard InChI is InChI=1S/C16H9F8N3O/c17-14(18)11-6-10(26-13-3-4-25-27(11)13)8-1-2-9(16(22,23)24)12(5-8)28-7-15(19,20)21/h1-6,14H,7H2. The molecule has 28 heavy (non-hydrogen) atoms. The number of benzene rings is 1. The van der Waals surface area contributed by atoms with Crippen LogP contribution in [0.15, 0.2) is 36.5 Å². The summed E-state index contributed by atoms with van der Waals surface area (Å²) < 4.78 is 108. The van der Waals surface area contributed by atoms with Crippen molar-refractivity contribution in [3.63, 3.8) is 0 Å². The van der Waals surface area contributed by atoms with Crippen LogP contribution >= 0.6 is 0 Å². The molecule has 0 spiro atoms. The van der Waals surface area contributed by atoms with Crippen molar-refractivity contribution in [2.45, 2.75) is 18.8 Å². The number of halogens is 8. The first-order valence-corrected chi connectivity index (χ1v) is 7.50. The van der Waals surface area contributed by atoms with Crippen LogP contribution in [0.1, 0.15) is 17.7 Å². The van der Waals surface area contributed by atoms with E-state index in [9.17, 15) is 35.1 Å². The maximum absolute atomic E-state index is 13.2. The van der Waals surface area contributed by atoms with Crippen LogP contribution in [0.4, 0.5) is 35.1 Å². The van der Waals surface area contributed by atoms with E-state index < -0.39 is 42.4 Å². The summed E-state index contributed by atoms with van der Waals surface area (Å²) in [5.41, 5.74) is -2.32. The van der Waals surface area contributed by atoms with Gasteiger partial charge in [-0.3, -0.25) is 0 Å². The molecule has 0 bridgehead atoms. The van der Waals surface area contributed by atoms with Crippen LogP contribution in [0.3, 0.4) is 0 Å². The van der Waals surface area contributed by atoms with Crippen LogP contribution < -0.4 is 4.74 Å². The van der Waals surface area contributed by atoms with Crippen molar-refractivity contribution in [2.75, 3.05) is 6.61 Å². The Balaban J connectivity index is 2.11. The predicted molar refractivity (Wildman–Crippen MR) is 79.9 cm³/mol. The fourth-order valence-corrected chi connectivity index (χ4v) is 2.44. The Labute approximate surface area is 151 Å². The first-order chi connectivity index (χ1) is 13.0. The van der Waals surface area contributed by atoms with Gasteiger partial charge in [0, 0.05) is 11.6 Å². The fraction of sp³-hybridized carbons (Fsp3) is 0.250. The van der Waals surface area contributed by atoms with Gasteiger partial charge in [0.05, 0.1) is 17.5 Å². The van der Waals surface area contributed by atoms with Gasteiger partial charge in [-0.25, -0.2) is 18.3 Å². The van der Waals surface area contributed by atoms with Crippen molar-refractivity contribution in [3.8, 4) is 17.0 Å². The van der Waals surface area contributed by atoms with Gasteiger partial charge in [0.2, 0.25) is 0 Å². The molecule has 0 N–H and O–H groups in total. The van der Waals surface area contributed by atoms with Gasteiger partial charge >= 0.3 is 12.4 Å². The Morgan fingerprint density at radius 3 is 2.32 bits per heavy atom. The van der Waals surface area contributed by atoms with Crippen LogP contribution in [0.2, 0.25) is 0 Å². The van der Waals surface area contributed by atoms with E-state index in [-0.39, 0.29) is 16.9 Å². The molecule has 0 saturated carbocycles. The second kappa shape index (κ2) is 6.91. The Kier molecular flexibility index (Phi) is 4.90. The molecular formula is C16H9F8N3O. The summed E-state index contributed by atoms with van der Waals surface area (Å²) in [5.74, 6) is -1.09. The fourth-order valence-electron chi connectivity index (χ4n) is 2.44. The molecule has 0 atom stereocenters. The predicted octanol–water partition coefficient (Wildman–Crippen LogP) is 5.29. The van der Waals surface area contributed by atoms with Crippen LogP contribution in [0, 0.1) is 0 Å². The van der Waals surface area contributed by atoms with Crippen molar-refractivity contribution >= 4 is 5.65 Å². The van der Waals surface area contributed by atoms with Crippen molar-refractivity contribution < 1.29 is 39.9 Å². The Hall–Kier alpha value is -2.92. The zero-order valence-electron chi connectivity index (χ0n) is 13.5. The van der Waals surface area contributed by atoms with Gasteiger partial charge in [0.25, 0.3) is 6.43 Å². The maximum Gasteiger partial charge on any atom is 0.422 e. The van der Waals surface area contributed by atoms with Gasteiger partial charge in [-0.2, -0.15) is 31.4 Å². The molecular weight excluding hydrogens is 402 g/mol. The summed E-state index contributed by atoms with van der Waals surface area (Å²) in [6.45, 7) is -1.95. The van der Waals surface area contributed by atoms with Gasteiger partial charge < -0.3 is 4.74 Å². The van der Waals surface area contributed by atoms with Gasteiger partial charge in [-0.1, -0.05) is 6.07 Å². The van der Waals surface area contributed by atoms with Crippen LogP contribution in [-0.4, -0.2) is 27.4 Å². The van der Waals surface area contributed by atoms with E-state index in [2.05, 4.69) is 14.8 Å². The molecule has 12 heteroatoms. The number of aromatic nitrogens is 3. The quantitative estimate of drug-likeness (QED) is 0.548. The Bertz CT molecular complexity index is 994. The molecule has 0 radical (unpaired) electrons. The minimum absolute atomic E-state index is 0.00884. The molecule has 0 aliphatic carbocycles. The van der Waals surface area contributed by atoms with Crippen molar-refractivity contribution in [2.24, 2.45) is 0 Å². The van der Waals surface area contributed by atoms with Crippen molar-refractivity contribution in [1.82, 2.24) is 14.6 Å². The smallest absolute Gasteiger partial charge is 0.422 e. The highest BCUT2D eigenvalue weighted by atomic mass is 19.4. The average molecular weight is 411 g/mol. The van der Waals surface area contributed by atoms with Crippen molar-refractivity contribution in [3.05, 3.63) is 47.8 Å². The zero-order valence-corrected chi connectivity index (χ0v) is 13.5. The Morgan fingerprint density at radius 2 is 1.71 bits per heavy atom. The van der Waals surface area contributed by atoms with E-state index in [1.165, 1.54) is 12.3 Å². The number of alkyl halides is 8. The molecule has 2 aromatic heterocycles. The lowest BCUT2D eigenvalue weighted by atomic mass is 10.1. The van der Waals surface area contributed by atoms with E-state index in [0.717, 1.165) is 16.6 Å². The molecule has 1 aromatic carbocycles. The molecule has 150 valence electrons. The Morgan fingerprint density at radius 1 is 1.00 bits per heavy atom. The van der Waals surface area contributed by atoms with Gasteiger partial charge in [0.15, 0.2) is 12.3 Å². The molecule has 2 heterocycles. The molecule has 0 saturated heterocycles. The number of nitrogens with zero attached hydrogens (tertiary/aromatic N) is 3. The summed E-state index contributed by atoms with van der Waals surface area (Å²) in [4.78, 5) is 4.00. The minimum atomic E-state index is -4.98. The van der Waals surface area contributed by atoms with Gasteiger partial charge in [-0.05, 0) is 18.2 Å². The molecule has 0 amide bonds. The van der Waals surface area contributed by atoms with Crippen molar-refractivity contribution in [1.29, 1.82) is 0 Å². The largest absolute Gasteiger partial charge is 0.483 e. The second-order valence-electron chi connectivity index (χ2n) is 5.58. The summed E-state index contributed by atoms with van der Waals surface area (Å²) in [7, 11) is 0. The van der Waals surface area contributed by atoms with E-state index >= 15 is 0 Å². The summed E-state index contributed by atoms with van der Waals surface area (Å²) in [5, 5.41) is 3.67. The van der Waals surface area contributed by atoms with Gasteiger partial charge in [-0.15, -0.1) is 0 Å². The third kappa shape index (κ3) is 4.15. The highest BCUT2D eigenvalue weighted by Gasteiger charge is 2.36. The number of fused-ring (bicyclic) bond motifs is 1. The number of rotatable bonds is 4. The molecule has 0 aliphatic heterocycles. The highest BCUT2D eigenvalue weighted by molar-refractivity contribution is 5.65. The lowest BCUT2D eigenvalue weighted by Crippen LogP contribution is -2.21. The molecule has 0 aliphatic rings. The first-order valence-electron chi connectivity index (χ1n) is 7.50. The average Bonchev–Trinajstić information content (AvgIpc) is 3.05. The number of hydrogen-bond acceptors (Lipinski definition) is 3. The van der Waals surface area contributed by atoms with E-state index in [1.54, 1.807) is 0 Å². The third-order valence-electron chi connectivity index (χ3n) is 3.58. The maximum atomic E-state index is 13.2.